The minimum absolute atomic E-state index is 0.183. The van der Waals surface area contributed by atoms with E-state index in [1.165, 1.54) is 12.3 Å². The van der Waals surface area contributed by atoms with Crippen molar-refractivity contribution in [3.05, 3.63) is 35.3 Å². The lowest BCUT2D eigenvalue weighted by molar-refractivity contribution is -0.108. The van der Waals surface area contributed by atoms with E-state index in [0.29, 0.717) is 11.9 Å². The van der Waals surface area contributed by atoms with E-state index < -0.39 is 11.7 Å². The monoisotopic (exact) mass is 208 g/mol. The predicted octanol–water partition coefficient (Wildman–Crippen LogP) is 2.11. The number of aromatic hydroxyl groups is 1. The van der Waals surface area contributed by atoms with E-state index in [0.717, 1.165) is 6.07 Å². The van der Waals surface area contributed by atoms with Crippen molar-refractivity contribution >= 4 is 6.29 Å². The second kappa shape index (κ2) is 3.38. The lowest BCUT2D eigenvalue weighted by atomic mass is 9.91. The Labute approximate surface area is 85.8 Å². The standard InChI is InChI=1S/C11H9FO3/c1-6-5-15-10-3-7(14)2-9(12)11(10)8(6)4-13/h2-5,8,14H,1H3. The van der Waals surface area contributed by atoms with Gasteiger partial charge in [-0.05, 0) is 12.5 Å². The van der Waals surface area contributed by atoms with Gasteiger partial charge < -0.3 is 14.6 Å². The summed E-state index contributed by atoms with van der Waals surface area (Å²) < 4.78 is 18.6. The van der Waals surface area contributed by atoms with E-state index >= 15 is 0 Å². The van der Waals surface area contributed by atoms with Gasteiger partial charge in [0, 0.05) is 17.7 Å². The van der Waals surface area contributed by atoms with Crippen LogP contribution in [0.15, 0.2) is 24.0 Å². The molecular weight excluding hydrogens is 199 g/mol. The van der Waals surface area contributed by atoms with Gasteiger partial charge in [0.2, 0.25) is 0 Å². The SMILES string of the molecule is CC1=COc2cc(O)cc(F)c2C1C=O. The third-order valence-electron chi connectivity index (χ3n) is 2.39. The van der Waals surface area contributed by atoms with Crippen molar-refractivity contribution in [3.8, 4) is 11.5 Å². The zero-order valence-electron chi connectivity index (χ0n) is 8.03. The molecule has 1 aromatic carbocycles. The summed E-state index contributed by atoms with van der Waals surface area (Å²) >= 11 is 0. The number of halogens is 1. The van der Waals surface area contributed by atoms with Crippen LogP contribution in [0.4, 0.5) is 4.39 Å². The highest BCUT2D eigenvalue weighted by atomic mass is 19.1. The molecule has 1 unspecified atom stereocenters. The summed E-state index contributed by atoms with van der Waals surface area (Å²) in [6, 6.07) is 2.26. The molecule has 0 aromatic heterocycles. The topological polar surface area (TPSA) is 46.5 Å². The highest BCUT2D eigenvalue weighted by Crippen LogP contribution is 2.38. The zero-order valence-corrected chi connectivity index (χ0v) is 8.03. The molecule has 15 heavy (non-hydrogen) atoms. The number of allylic oxidation sites excluding steroid dienone is 1. The van der Waals surface area contributed by atoms with Gasteiger partial charge in [0.1, 0.15) is 23.6 Å². The predicted molar refractivity (Wildman–Crippen MR) is 51.3 cm³/mol. The molecule has 4 heteroatoms. The van der Waals surface area contributed by atoms with Crippen molar-refractivity contribution in [2.24, 2.45) is 0 Å². The summed E-state index contributed by atoms with van der Waals surface area (Å²) in [6.45, 7) is 1.69. The second-order valence-electron chi connectivity index (χ2n) is 3.43. The average Bonchev–Trinajstić information content (AvgIpc) is 2.18. The fourth-order valence-electron chi connectivity index (χ4n) is 1.61. The second-order valence-corrected chi connectivity index (χ2v) is 3.43. The molecule has 3 nitrogen and oxygen atoms in total. The first-order valence-electron chi connectivity index (χ1n) is 4.44. The van der Waals surface area contributed by atoms with Gasteiger partial charge in [0.15, 0.2) is 0 Å². The molecule has 1 atom stereocenters. The van der Waals surface area contributed by atoms with E-state index in [2.05, 4.69) is 0 Å². The number of phenols is 1. The van der Waals surface area contributed by atoms with E-state index in [1.807, 2.05) is 0 Å². The Morgan fingerprint density at radius 1 is 1.53 bits per heavy atom. The Kier molecular flexibility index (Phi) is 2.19. The Hall–Kier alpha value is -1.84. The molecular formula is C11H9FO3. The smallest absolute Gasteiger partial charge is 0.137 e. The summed E-state index contributed by atoms with van der Waals surface area (Å²) in [5, 5.41) is 9.16. The summed E-state index contributed by atoms with van der Waals surface area (Å²) in [7, 11) is 0. The zero-order chi connectivity index (χ0) is 11.0. The lowest BCUT2D eigenvalue weighted by Gasteiger charge is -2.21. The third-order valence-corrected chi connectivity index (χ3v) is 2.39. The Balaban J connectivity index is 2.62. The normalized spacial score (nSPS) is 18.8. The van der Waals surface area contributed by atoms with Gasteiger partial charge in [-0.25, -0.2) is 4.39 Å². The molecule has 0 saturated carbocycles. The fraction of sp³-hybridized carbons (Fsp3) is 0.182. The van der Waals surface area contributed by atoms with Crippen LogP contribution in [-0.4, -0.2) is 11.4 Å². The van der Waals surface area contributed by atoms with Gasteiger partial charge in [-0.1, -0.05) is 0 Å². The largest absolute Gasteiger partial charge is 0.508 e. The number of hydrogen-bond donors (Lipinski definition) is 1. The van der Waals surface area contributed by atoms with Crippen molar-refractivity contribution in [3.63, 3.8) is 0 Å². The molecule has 1 aliphatic rings. The van der Waals surface area contributed by atoms with Gasteiger partial charge >= 0.3 is 0 Å². The molecule has 0 amide bonds. The molecule has 1 aromatic rings. The maximum absolute atomic E-state index is 13.5. The molecule has 1 heterocycles. The van der Waals surface area contributed by atoms with Gasteiger partial charge in [0.25, 0.3) is 0 Å². The minimum Gasteiger partial charge on any atom is -0.508 e. The molecule has 0 fully saturated rings. The van der Waals surface area contributed by atoms with Crippen LogP contribution in [-0.2, 0) is 4.79 Å². The van der Waals surface area contributed by atoms with Crippen LogP contribution in [0, 0.1) is 5.82 Å². The first-order chi connectivity index (χ1) is 7.13. The van der Waals surface area contributed by atoms with E-state index in [4.69, 9.17) is 9.84 Å². The van der Waals surface area contributed by atoms with Crippen LogP contribution < -0.4 is 4.74 Å². The van der Waals surface area contributed by atoms with Crippen molar-refractivity contribution < 1.29 is 19.0 Å². The molecule has 0 bridgehead atoms. The van der Waals surface area contributed by atoms with Gasteiger partial charge in [0.05, 0.1) is 12.2 Å². The number of phenolic OH excluding ortho intramolecular Hbond substituents is 1. The van der Waals surface area contributed by atoms with Crippen molar-refractivity contribution in [2.45, 2.75) is 12.8 Å². The van der Waals surface area contributed by atoms with Crippen LogP contribution >= 0.6 is 0 Å². The highest BCUT2D eigenvalue weighted by Gasteiger charge is 2.26. The molecule has 78 valence electrons. The Morgan fingerprint density at radius 3 is 2.93 bits per heavy atom. The number of fused-ring (bicyclic) bond motifs is 1. The molecule has 0 saturated heterocycles. The number of rotatable bonds is 1. The minimum atomic E-state index is -0.630. The molecule has 0 radical (unpaired) electrons. The first kappa shape index (κ1) is 9.71. The van der Waals surface area contributed by atoms with Crippen molar-refractivity contribution in [1.29, 1.82) is 0 Å². The number of carbonyl (C=O) groups is 1. The van der Waals surface area contributed by atoms with Crippen LogP contribution in [0.1, 0.15) is 18.4 Å². The number of ether oxygens (including phenoxy) is 1. The summed E-state index contributed by atoms with van der Waals surface area (Å²) in [4.78, 5) is 10.8. The summed E-state index contributed by atoms with van der Waals surface area (Å²) in [5.41, 5.74) is 0.824. The first-order valence-corrected chi connectivity index (χ1v) is 4.44. The lowest BCUT2D eigenvalue weighted by Crippen LogP contribution is -2.12. The molecule has 1 N–H and O–H groups in total. The van der Waals surface area contributed by atoms with E-state index in [1.54, 1.807) is 6.92 Å². The van der Waals surface area contributed by atoms with Crippen molar-refractivity contribution in [1.82, 2.24) is 0 Å². The molecule has 1 aliphatic heterocycles. The van der Waals surface area contributed by atoms with Crippen LogP contribution in [0.25, 0.3) is 0 Å². The average molecular weight is 208 g/mol. The molecule has 0 aliphatic carbocycles. The third kappa shape index (κ3) is 1.48. The quantitative estimate of drug-likeness (QED) is 0.719. The maximum atomic E-state index is 13.5. The fourth-order valence-corrected chi connectivity index (χ4v) is 1.61. The van der Waals surface area contributed by atoms with Gasteiger partial charge in [-0.15, -0.1) is 0 Å². The van der Waals surface area contributed by atoms with Crippen LogP contribution in [0.5, 0.6) is 11.5 Å². The number of benzene rings is 1. The Bertz CT molecular complexity index is 451. The molecule has 2 rings (SSSR count). The number of hydrogen-bond acceptors (Lipinski definition) is 3. The Morgan fingerprint density at radius 2 is 2.27 bits per heavy atom. The van der Waals surface area contributed by atoms with Crippen LogP contribution in [0.3, 0.4) is 0 Å². The van der Waals surface area contributed by atoms with Gasteiger partial charge in [-0.2, -0.15) is 0 Å². The number of carbonyl (C=O) groups excluding carboxylic acids is 1. The van der Waals surface area contributed by atoms with E-state index in [9.17, 15) is 9.18 Å². The number of aldehydes is 1. The summed E-state index contributed by atoms with van der Waals surface area (Å²) in [5.74, 6) is -1.29. The maximum Gasteiger partial charge on any atom is 0.137 e. The molecule has 0 spiro atoms. The van der Waals surface area contributed by atoms with Crippen LogP contribution in [0.2, 0.25) is 0 Å². The highest BCUT2D eigenvalue weighted by molar-refractivity contribution is 5.71. The van der Waals surface area contributed by atoms with E-state index in [-0.39, 0.29) is 17.1 Å². The van der Waals surface area contributed by atoms with Crippen molar-refractivity contribution in [2.75, 3.05) is 0 Å². The van der Waals surface area contributed by atoms with Gasteiger partial charge in [-0.3, -0.25) is 0 Å². The summed E-state index contributed by atoms with van der Waals surface area (Å²) in [6.07, 6.45) is 2.05.